The predicted molar refractivity (Wildman–Crippen MR) is 80.3 cm³/mol. The minimum Gasteiger partial charge on any atom is -0.395 e. The van der Waals surface area contributed by atoms with Gasteiger partial charge in [-0.25, -0.2) is 0 Å². The van der Waals surface area contributed by atoms with Crippen molar-refractivity contribution in [2.45, 2.75) is 32.9 Å². The fourth-order valence-corrected chi connectivity index (χ4v) is 1.80. The maximum absolute atomic E-state index is 9.16. The molecule has 0 saturated carbocycles. The molecule has 2 N–H and O–H groups in total. The summed E-state index contributed by atoms with van der Waals surface area (Å²) in [7, 11) is 0. The van der Waals surface area contributed by atoms with E-state index in [0.29, 0.717) is 13.1 Å². The zero-order chi connectivity index (χ0) is 14.3. The molecule has 4 nitrogen and oxygen atoms in total. The highest BCUT2D eigenvalue weighted by atomic mass is 16.3. The summed E-state index contributed by atoms with van der Waals surface area (Å²) >= 11 is 0. The van der Waals surface area contributed by atoms with Crippen LogP contribution < -0.4 is 10.2 Å². The monoisotopic (exact) mass is 263 g/mol. The van der Waals surface area contributed by atoms with Crippen molar-refractivity contribution in [2.24, 2.45) is 0 Å². The smallest absolute Gasteiger partial charge is 0.0606 e. The normalized spacial score (nSPS) is 11.4. The van der Waals surface area contributed by atoms with Crippen LogP contribution in [0.1, 0.15) is 26.3 Å². The zero-order valence-electron chi connectivity index (χ0n) is 12.2. The van der Waals surface area contributed by atoms with Crippen LogP contribution in [0.15, 0.2) is 31.1 Å². The number of nitrogens with one attached hydrogen (secondary N) is 1. The van der Waals surface area contributed by atoms with Crippen LogP contribution in [0.3, 0.4) is 0 Å². The summed E-state index contributed by atoms with van der Waals surface area (Å²) in [5.41, 5.74) is 2.30. The maximum Gasteiger partial charge on any atom is 0.0606 e. The van der Waals surface area contributed by atoms with E-state index < -0.39 is 0 Å². The number of nitrogens with zero attached hydrogens (tertiary/aromatic N) is 2. The van der Waals surface area contributed by atoms with Crippen molar-refractivity contribution in [3.63, 3.8) is 0 Å². The summed E-state index contributed by atoms with van der Waals surface area (Å²) < 4.78 is 0. The number of pyridine rings is 1. The molecular formula is C15H25N3O. The van der Waals surface area contributed by atoms with Gasteiger partial charge in [0.05, 0.1) is 18.5 Å². The van der Waals surface area contributed by atoms with Gasteiger partial charge in [-0.3, -0.25) is 4.98 Å². The maximum atomic E-state index is 9.16. The fraction of sp³-hybridized carbons (Fsp3) is 0.533. The molecule has 1 aromatic rings. The molecule has 0 fully saturated rings. The van der Waals surface area contributed by atoms with Crippen molar-refractivity contribution in [3.05, 3.63) is 36.7 Å². The summed E-state index contributed by atoms with van der Waals surface area (Å²) in [6, 6.07) is 2.02. The van der Waals surface area contributed by atoms with Crippen LogP contribution >= 0.6 is 0 Å². The van der Waals surface area contributed by atoms with Crippen molar-refractivity contribution >= 4 is 5.69 Å². The largest absolute Gasteiger partial charge is 0.395 e. The number of aromatic nitrogens is 1. The SMILES string of the molecule is C=CCN(CCO)c1cnccc1CNC(C)(C)C. The van der Waals surface area contributed by atoms with Crippen LogP contribution in [-0.4, -0.2) is 35.3 Å². The lowest BCUT2D eigenvalue weighted by atomic mass is 10.1. The average molecular weight is 263 g/mol. The molecule has 19 heavy (non-hydrogen) atoms. The third-order valence-electron chi connectivity index (χ3n) is 2.76. The van der Waals surface area contributed by atoms with E-state index in [9.17, 15) is 0 Å². The predicted octanol–water partition coefficient (Wildman–Crippen LogP) is 1.95. The molecule has 106 valence electrons. The Balaban J connectivity index is 2.89. The Morgan fingerprint density at radius 1 is 1.47 bits per heavy atom. The molecule has 1 heterocycles. The first-order chi connectivity index (χ1) is 8.98. The second kappa shape index (κ2) is 7.26. The van der Waals surface area contributed by atoms with Gasteiger partial charge in [0.25, 0.3) is 0 Å². The Bertz CT molecular complexity index is 399. The summed E-state index contributed by atoms with van der Waals surface area (Å²) in [6.07, 6.45) is 5.48. The van der Waals surface area contributed by atoms with Gasteiger partial charge in [0.1, 0.15) is 0 Å². The Labute approximate surface area is 116 Å². The summed E-state index contributed by atoms with van der Waals surface area (Å²) in [4.78, 5) is 6.27. The standard InChI is InChI=1S/C15H25N3O/c1-5-8-18(9-10-19)14-12-16-7-6-13(14)11-17-15(2,3)4/h5-7,12,17,19H,1,8-11H2,2-4H3. The van der Waals surface area contributed by atoms with Crippen molar-refractivity contribution < 1.29 is 5.11 Å². The van der Waals surface area contributed by atoms with Gasteiger partial charge in [-0.15, -0.1) is 6.58 Å². The second-order valence-electron chi connectivity index (χ2n) is 5.57. The van der Waals surface area contributed by atoms with Gasteiger partial charge in [-0.2, -0.15) is 0 Å². The van der Waals surface area contributed by atoms with Gasteiger partial charge >= 0.3 is 0 Å². The number of aliphatic hydroxyl groups excluding tert-OH is 1. The van der Waals surface area contributed by atoms with Crippen LogP contribution in [0.2, 0.25) is 0 Å². The van der Waals surface area contributed by atoms with Crippen molar-refractivity contribution in [2.75, 3.05) is 24.6 Å². The van der Waals surface area contributed by atoms with Crippen molar-refractivity contribution in [1.82, 2.24) is 10.3 Å². The third kappa shape index (κ3) is 5.41. The van der Waals surface area contributed by atoms with Gasteiger partial charge < -0.3 is 15.3 Å². The fourth-order valence-electron chi connectivity index (χ4n) is 1.80. The highest BCUT2D eigenvalue weighted by Crippen LogP contribution is 2.19. The number of hydrogen-bond acceptors (Lipinski definition) is 4. The van der Waals surface area contributed by atoms with Gasteiger partial charge in [0, 0.05) is 31.4 Å². The summed E-state index contributed by atoms with van der Waals surface area (Å²) in [6.45, 7) is 12.4. The molecule has 0 aliphatic heterocycles. The Morgan fingerprint density at radius 2 is 2.21 bits per heavy atom. The minimum atomic E-state index is 0.0702. The van der Waals surface area contributed by atoms with Crippen molar-refractivity contribution in [1.29, 1.82) is 0 Å². The molecule has 0 spiro atoms. The van der Waals surface area contributed by atoms with Crippen LogP contribution in [0.5, 0.6) is 0 Å². The molecule has 0 aliphatic rings. The lowest BCUT2D eigenvalue weighted by Crippen LogP contribution is -2.36. The number of rotatable bonds is 7. The first kappa shape index (κ1) is 15.7. The molecule has 0 unspecified atom stereocenters. The molecule has 1 rings (SSSR count). The molecule has 4 heteroatoms. The van der Waals surface area contributed by atoms with E-state index in [4.69, 9.17) is 5.11 Å². The minimum absolute atomic E-state index is 0.0702. The van der Waals surface area contributed by atoms with E-state index in [2.05, 4.69) is 42.6 Å². The topological polar surface area (TPSA) is 48.4 Å². The van der Waals surface area contributed by atoms with Crippen LogP contribution in [0, 0.1) is 0 Å². The van der Waals surface area contributed by atoms with Gasteiger partial charge in [0.2, 0.25) is 0 Å². The highest BCUT2D eigenvalue weighted by Gasteiger charge is 2.13. The van der Waals surface area contributed by atoms with Crippen LogP contribution in [0.25, 0.3) is 0 Å². The van der Waals surface area contributed by atoms with Crippen molar-refractivity contribution in [3.8, 4) is 0 Å². The van der Waals surface area contributed by atoms with E-state index in [1.54, 1.807) is 6.20 Å². The first-order valence-electron chi connectivity index (χ1n) is 6.62. The van der Waals surface area contributed by atoms with Crippen LogP contribution in [0.4, 0.5) is 5.69 Å². The number of anilines is 1. The molecule has 0 aromatic carbocycles. The number of aliphatic hydroxyl groups is 1. The van der Waals surface area contributed by atoms with Gasteiger partial charge in [-0.1, -0.05) is 6.08 Å². The average Bonchev–Trinajstić information content (AvgIpc) is 2.36. The Hall–Kier alpha value is -1.39. The molecular weight excluding hydrogens is 238 g/mol. The van der Waals surface area contributed by atoms with Gasteiger partial charge in [0.15, 0.2) is 0 Å². The Morgan fingerprint density at radius 3 is 2.79 bits per heavy atom. The molecule has 0 saturated heterocycles. The van der Waals surface area contributed by atoms with E-state index >= 15 is 0 Å². The second-order valence-corrected chi connectivity index (χ2v) is 5.57. The quantitative estimate of drug-likeness (QED) is 0.738. The number of hydrogen-bond donors (Lipinski definition) is 2. The molecule has 0 bridgehead atoms. The van der Waals surface area contributed by atoms with E-state index in [-0.39, 0.29) is 12.1 Å². The molecule has 0 radical (unpaired) electrons. The molecule has 0 amide bonds. The summed E-state index contributed by atoms with van der Waals surface area (Å²) in [5.74, 6) is 0. The Kier molecular flexibility index (Phi) is 5.99. The van der Waals surface area contributed by atoms with E-state index in [1.807, 2.05) is 18.3 Å². The lowest BCUT2D eigenvalue weighted by molar-refractivity contribution is 0.303. The van der Waals surface area contributed by atoms with Crippen LogP contribution in [-0.2, 0) is 6.54 Å². The third-order valence-corrected chi connectivity index (χ3v) is 2.76. The van der Waals surface area contributed by atoms with E-state index in [1.165, 1.54) is 5.56 Å². The highest BCUT2D eigenvalue weighted by molar-refractivity contribution is 5.52. The molecule has 0 atom stereocenters. The zero-order valence-corrected chi connectivity index (χ0v) is 12.2. The van der Waals surface area contributed by atoms with E-state index in [0.717, 1.165) is 12.2 Å². The van der Waals surface area contributed by atoms with Gasteiger partial charge in [-0.05, 0) is 32.4 Å². The molecule has 1 aromatic heterocycles. The lowest BCUT2D eigenvalue weighted by Gasteiger charge is -2.27. The molecule has 0 aliphatic carbocycles. The first-order valence-corrected chi connectivity index (χ1v) is 6.62. The summed E-state index contributed by atoms with van der Waals surface area (Å²) in [5, 5.41) is 12.6.